The summed E-state index contributed by atoms with van der Waals surface area (Å²) in [7, 11) is -3.54. The minimum absolute atomic E-state index is 0.202. The highest BCUT2D eigenvalue weighted by atomic mass is 32.2. The smallest absolute Gasteiger partial charge is 0.243 e. The summed E-state index contributed by atoms with van der Waals surface area (Å²) in [5, 5.41) is 9.87. The van der Waals surface area contributed by atoms with Crippen LogP contribution < -0.4 is 5.32 Å². The second kappa shape index (κ2) is 9.27. The van der Waals surface area contributed by atoms with Gasteiger partial charge in [-0.25, -0.2) is 13.4 Å². The van der Waals surface area contributed by atoms with Crippen LogP contribution in [0.4, 0.5) is 5.69 Å². The molecule has 29 heavy (non-hydrogen) atoms. The summed E-state index contributed by atoms with van der Waals surface area (Å²) in [4.78, 5) is 17.1. The highest BCUT2D eigenvalue weighted by Gasteiger charge is 2.26. The molecule has 0 bridgehead atoms. The number of benzene rings is 1. The molecule has 1 saturated heterocycles. The summed E-state index contributed by atoms with van der Waals surface area (Å²) in [6, 6.07) is 6.42. The molecule has 1 aromatic heterocycles. The number of nitrogens with zero attached hydrogens (tertiary/aromatic N) is 3. The van der Waals surface area contributed by atoms with Gasteiger partial charge in [-0.05, 0) is 38.0 Å². The number of aromatic nitrogens is 3. The molecule has 158 valence electrons. The number of H-pyrrole nitrogens is 1. The molecule has 3 rings (SSSR count). The van der Waals surface area contributed by atoms with Gasteiger partial charge in [0.25, 0.3) is 0 Å². The number of nitrogens with one attached hydrogen (secondary N) is 2. The minimum atomic E-state index is -3.54. The van der Waals surface area contributed by atoms with Gasteiger partial charge in [0.05, 0.1) is 10.1 Å². The Kier molecular flexibility index (Phi) is 6.97. The van der Waals surface area contributed by atoms with E-state index in [0.29, 0.717) is 23.9 Å². The van der Waals surface area contributed by atoms with Crippen molar-refractivity contribution in [3.63, 3.8) is 0 Å². The van der Waals surface area contributed by atoms with Gasteiger partial charge in [-0.1, -0.05) is 38.1 Å². The second-order valence-corrected chi connectivity index (χ2v) is 10.6. The molecule has 2 N–H and O–H groups in total. The highest BCUT2D eigenvalue weighted by Crippen LogP contribution is 2.25. The fourth-order valence-corrected chi connectivity index (χ4v) is 5.31. The van der Waals surface area contributed by atoms with Gasteiger partial charge in [-0.2, -0.15) is 4.31 Å². The summed E-state index contributed by atoms with van der Waals surface area (Å²) in [5.41, 5.74) is 0.457. The quantitative estimate of drug-likeness (QED) is 0.644. The molecule has 2 aromatic rings. The van der Waals surface area contributed by atoms with Crippen LogP contribution in [0.1, 0.15) is 51.8 Å². The highest BCUT2D eigenvalue weighted by molar-refractivity contribution is 8.00. The van der Waals surface area contributed by atoms with Crippen LogP contribution in [0.5, 0.6) is 0 Å². The molecule has 1 aliphatic rings. The molecule has 0 aliphatic carbocycles. The number of anilines is 1. The lowest BCUT2D eigenvalue weighted by Crippen LogP contribution is -2.35. The molecule has 0 spiro atoms. The Labute approximate surface area is 175 Å². The Morgan fingerprint density at radius 1 is 1.21 bits per heavy atom. The lowest BCUT2D eigenvalue weighted by molar-refractivity contribution is -0.115. The number of sulfonamides is 1. The Bertz CT molecular complexity index is 952. The van der Waals surface area contributed by atoms with Crippen molar-refractivity contribution in [2.75, 3.05) is 18.4 Å². The number of aromatic amines is 1. The van der Waals surface area contributed by atoms with Crippen LogP contribution in [0.15, 0.2) is 34.3 Å². The van der Waals surface area contributed by atoms with Crippen molar-refractivity contribution in [3.8, 4) is 0 Å². The summed E-state index contributed by atoms with van der Waals surface area (Å²) in [5.74, 6) is 0.764. The van der Waals surface area contributed by atoms with E-state index in [4.69, 9.17) is 0 Å². The molecule has 1 amide bonds. The zero-order valence-corrected chi connectivity index (χ0v) is 18.5. The van der Waals surface area contributed by atoms with Gasteiger partial charge in [-0.15, -0.1) is 5.10 Å². The molecule has 10 heteroatoms. The molecule has 1 unspecified atom stereocenters. The van der Waals surface area contributed by atoms with E-state index in [1.54, 1.807) is 25.1 Å². The van der Waals surface area contributed by atoms with Crippen LogP contribution in [-0.4, -0.2) is 52.2 Å². The van der Waals surface area contributed by atoms with Crippen molar-refractivity contribution in [1.82, 2.24) is 19.5 Å². The zero-order valence-electron chi connectivity index (χ0n) is 16.9. The van der Waals surface area contributed by atoms with Crippen molar-refractivity contribution in [1.29, 1.82) is 0 Å². The summed E-state index contributed by atoms with van der Waals surface area (Å²) in [6.07, 6.45) is 2.81. The molecule has 0 saturated carbocycles. The summed E-state index contributed by atoms with van der Waals surface area (Å²) < 4.78 is 27.2. The number of hydrogen-bond donors (Lipinski definition) is 2. The first kappa shape index (κ1) is 21.8. The first-order chi connectivity index (χ1) is 13.8. The van der Waals surface area contributed by atoms with Crippen molar-refractivity contribution >= 4 is 33.4 Å². The van der Waals surface area contributed by atoms with Crippen LogP contribution >= 0.6 is 11.8 Å². The van der Waals surface area contributed by atoms with Crippen molar-refractivity contribution < 1.29 is 13.2 Å². The van der Waals surface area contributed by atoms with Crippen LogP contribution in [0.3, 0.4) is 0 Å². The molecule has 8 nitrogen and oxygen atoms in total. The van der Waals surface area contributed by atoms with Crippen molar-refractivity contribution in [2.24, 2.45) is 0 Å². The fraction of sp³-hybridized carbons (Fsp3) is 0.526. The summed E-state index contributed by atoms with van der Waals surface area (Å²) in [6.45, 7) is 6.87. The molecule has 1 aromatic carbocycles. The predicted molar refractivity (Wildman–Crippen MR) is 113 cm³/mol. The molecule has 1 atom stereocenters. The van der Waals surface area contributed by atoms with Gasteiger partial charge < -0.3 is 5.32 Å². The van der Waals surface area contributed by atoms with E-state index in [0.717, 1.165) is 25.1 Å². The van der Waals surface area contributed by atoms with E-state index in [1.165, 1.54) is 22.1 Å². The topological polar surface area (TPSA) is 108 Å². The van der Waals surface area contributed by atoms with E-state index in [-0.39, 0.29) is 16.7 Å². The average Bonchev–Trinajstić information content (AvgIpc) is 3.17. The van der Waals surface area contributed by atoms with E-state index < -0.39 is 15.3 Å². The maximum atomic E-state index is 12.8. The third kappa shape index (κ3) is 5.37. The molecule has 2 heterocycles. The third-order valence-corrected chi connectivity index (χ3v) is 7.59. The average molecular weight is 438 g/mol. The maximum Gasteiger partial charge on any atom is 0.243 e. The number of rotatable bonds is 7. The van der Waals surface area contributed by atoms with Crippen LogP contribution in [0.2, 0.25) is 0 Å². The Morgan fingerprint density at radius 3 is 2.59 bits per heavy atom. The maximum absolute atomic E-state index is 12.8. The van der Waals surface area contributed by atoms with Gasteiger partial charge in [0.2, 0.25) is 21.1 Å². The fourth-order valence-electron chi connectivity index (χ4n) is 3.01. The Hall–Kier alpha value is -1.91. The van der Waals surface area contributed by atoms with E-state index in [2.05, 4.69) is 20.5 Å². The largest absolute Gasteiger partial charge is 0.325 e. The van der Waals surface area contributed by atoms with E-state index in [9.17, 15) is 13.2 Å². The predicted octanol–water partition coefficient (Wildman–Crippen LogP) is 3.22. The number of thioether (sulfide) groups is 1. The molecule has 1 aliphatic heterocycles. The molecule has 1 fully saturated rings. The minimum Gasteiger partial charge on any atom is -0.325 e. The molecular weight excluding hydrogens is 410 g/mol. The standard InChI is InChI=1S/C19H27N5O3S2/c1-13(2)17-21-19(23-22-17)28-14(3)18(25)20-15-8-7-9-16(12-15)29(26,27)24-10-5-4-6-11-24/h7-9,12-14H,4-6,10-11H2,1-3H3,(H,20,25)(H,21,22,23). The number of carbonyl (C=O) groups is 1. The Morgan fingerprint density at radius 2 is 1.93 bits per heavy atom. The van der Waals surface area contributed by atoms with E-state index >= 15 is 0 Å². The van der Waals surface area contributed by atoms with Gasteiger partial charge in [-0.3, -0.25) is 9.89 Å². The Balaban J connectivity index is 1.66. The molecule has 0 radical (unpaired) electrons. The number of amides is 1. The second-order valence-electron chi connectivity index (χ2n) is 7.40. The third-order valence-electron chi connectivity index (χ3n) is 4.73. The van der Waals surface area contributed by atoms with Gasteiger partial charge in [0, 0.05) is 24.7 Å². The van der Waals surface area contributed by atoms with Crippen LogP contribution in [-0.2, 0) is 14.8 Å². The zero-order chi connectivity index (χ0) is 21.0. The normalized spacial score (nSPS) is 16.7. The van der Waals surface area contributed by atoms with Crippen LogP contribution in [0.25, 0.3) is 0 Å². The number of carbonyl (C=O) groups excluding carboxylic acids is 1. The van der Waals surface area contributed by atoms with Crippen LogP contribution in [0, 0.1) is 0 Å². The first-order valence-electron chi connectivity index (χ1n) is 9.77. The lowest BCUT2D eigenvalue weighted by atomic mass is 10.2. The van der Waals surface area contributed by atoms with Crippen molar-refractivity contribution in [3.05, 3.63) is 30.1 Å². The first-order valence-corrected chi connectivity index (χ1v) is 12.1. The lowest BCUT2D eigenvalue weighted by Gasteiger charge is -2.26. The SMILES string of the molecule is CC(Sc1n[nH]c(C(C)C)n1)C(=O)Nc1cccc(S(=O)(=O)N2CCCCC2)c1. The van der Waals surface area contributed by atoms with Gasteiger partial charge in [0.1, 0.15) is 5.82 Å². The van der Waals surface area contributed by atoms with Gasteiger partial charge in [0.15, 0.2) is 0 Å². The number of piperidine rings is 1. The molecular formula is C19H27N5O3S2. The van der Waals surface area contributed by atoms with E-state index in [1.807, 2.05) is 13.8 Å². The monoisotopic (exact) mass is 437 g/mol. The summed E-state index contributed by atoms with van der Waals surface area (Å²) >= 11 is 1.25. The number of hydrogen-bond acceptors (Lipinski definition) is 6. The van der Waals surface area contributed by atoms with Crippen molar-refractivity contribution in [2.45, 2.75) is 61.3 Å². The van der Waals surface area contributed by atoms with Gasteiger partial charge >= 0.3 is 0 Å².